The second-order valence-corrected chi connectivity index (χ2v) is 6.35. The minimum absolute atomic E-state index is 0.0843. The lowest BCUT2D eigenvalue weighted by molar-refractivity contribution is -0.171. The Bertz CT molecular complexity index is 707. The van der Waals surface area contributed by atoms with Crippen molar-refractivity contribution in [2.24, 2.45) is 0 Å². The van der Waals surface area contributed by atoms with Gasteiger partial charge in [0, 0.05) is 6.54 Å². The molecule has 1 aromatic rings. The molecule has 0 aromatic heterocycles. The zero-order valence-electron chi connectivity index (χ0n) is 14.9. The van der Waals surface area contributed by atoms with Gasteiger partial charge in [0.1, 0.15) is 19.3 Å². The average Bonchev–Trinajstić information content (AvgIpc) is 2.93. The van der Waals surface area contributed by atoms with Crippen LogP contribution in [0.1, 0.15) is 18.4 Å². The molecule has 144 valence electrons. The van der Waals surface area contributed by atoms with Crippen LogP contribution in [0.4, 0.5) is 4.79 Å². The first-order valence-electron chi connectivity index (χ1n) is 8.80. The number of fused-ring (bicyclic) bond motifs is 2. The first-order chi connectivity index (χ1) is 13.1. The number of hydrogen-bond acceptors (Lipinski definition) is 6. The summed E-state index contributed by atoms with van der Waals surface area (Å²) in [4.78, 5) is 43.3. The number of carbonyl (C=O) groups excluding carboxylic acids is 3. The van der Waals surface area contributed by atoms with Crippen LogP contribution in [0.3, 0.4) is 0 Å². The molecule has 2 unspecified atom stereocenters. The van der Waals surface area contributed by atoms with Crippen molar-refractivity contribution in [1.82, 2.24) is 9.96 Å². The highest BCUT2D eigenvalue weighted by atomic mass is 16.7. The summed E-state index contributed by atoms with van der Waals surface area (Å²) in [5.74, 6) is -1.02. The number of hydrogen-bond donors (Lipinski definition) is 0. The van der Waals surface area contributed by atoms with Gasteiger partial charge in [-0.1, -0.05) is 43.0 Å². The van der Waals surface area contributed by atoms with E-state index in [1.165, 1.54) is 16.0 Å². The van der Waals surface area contributed by atoms with Gasteiger partial charge in [-0.3, -0.25) is 4.84 Å². The molecular weight excluding hydrogens is 352 g/mol. The number of nitrogens with zero attached hydrogens (tertiary/aromatic N) is 2. The summed E-state index contributed by atoms with van der Waals surface area (Å²) in [6.45, 7) is 3.70. The minimum atomic E-state index is -0.640. The van der Waals surface area contributed by atoms with E-state index in [2.05, 4.69) is 6.58 Å². The molecule has 27 heavy (non-hydrogen) atoms. The number of esters is 2. The van der Waals surface area contributed by atoms with E-state index in [0.29, 0.717) is 19.4 Å². The van der Waals surface area contributed by atoms with Crippen molar-refractivity contribution in [1.29, 1.82) is 0 Å². The quantitative estimate of drug-likeness (QED) is 0.508. The summed E-state index contributed by atoms with van der Waals surface area (Å²) in [5.41, 5.74) is 0.885. The van der Waals surface area contributed by atoms with Gasteiger partial charge in [-0.15, -0.1) is 0 Å². The van der Waals surface area contributed by atoms with E-state index >= 15 is 0 Å². The number of hydroxylamine groups is 2. The van der Waals surface area contributed by atoms with E-state index in [1.807, 2.05) is 30.3 Å². The molecule has 2 saturated heterocycles. The number of ether oxygens (including phenoxy) is 2. The van der Waals surface area contributed by atoms with E-state index in [0.717, 1.165) is 5.56 Å². The zero-order valence-corrected chi connectivity index (χ0v) is 14.9. The van der Waals surface area contributed by atoms with Crippen molar-refractivity contribution >= 4 is 18.0 Å². The first kappa shape index (κ1) is 18.9. The molecule has 2 aliphatic rings. The molecule has 1 aromatic carbocycles. The van der Waals surface area contributed by atoms with Gasteiger partial charge in [-0.05, 0) is 18.4 Å². The van der Waals surface area contributed by atoms with Crippen LogP contribution in [0.2, 0.25) is 0 Å². The first-order valence-corrected chi connectivity index (χ1v) is 8.80. The number of amides is 2. The summed E-state index contributed by atoms with van der Waals surface area (Å²) in [6, 6.07) is 8.09. The standard InChI is InChI=1S/C19H22N2O6/c1-2-10-25-17(22)13-27-21-15-8-9-16(20(11-15)19(21)24)18(23)26-12-14-6-4-3-5-7-14/h2-7,15-16H,1,8-13H2. The van der Waals surface area contributed by atoms with Gasteiger partial charge >= 0.3 is 18.0 Å². The van der Waals surface area contributed by atoms with Crippen LogP contribution in [0.15, 0.2) is 43.0 Å². The normalized spacial score (nSPS) is 21.1. The highest BCUT2D eigenvalue weighted by molar-refractivity contribution is 5.85. The van der Waals surface area contributed by atoms with E-state index in [1.54, 1.807) is 0 Å². The third-order valence-electron chi connectivity index (χ3n) is 4.50. The van der Waals surface area contributed by atoms with Crippen LogP contribution < -0.4 is 0 Å². The Labute approximate surface area is 157 Å². The maximum Gasteiger partial charge on any atom is 0.345 e. The molecule has 8 heteroatoms. The van der Waals surface area contributed by atoms with Crippen LogP contribution in [-0.2, 0) is 30.5 Å². The molecule has 0 N–H and O–H groups in total. The smallest absolute Gasteiger partial charge is 0.345 e. The molecule has 2 amide bonds. The van der Waals surface area contributed by atoms with Crippen molar-refractivity contribution in [3.63, 3.8) is 0 Å². The molecule has 2 aliphatic heterocycles. The molecule has 2 fully saturated rings. The fourth-order valence-corrected chi connectivity index (χ4v) is 3.18. The minimum Gasteiger partial charge on any atom is -0.460 e. The molecular formula is C19H22N2O6. The molecule has 2 heterocycles. The molecule has 0 saturated carbocycles. The van der Waals surface area contributed by atoms with Crippen LogP contribution >= 0.6 is 0 Å². The summed E-state index contributed by atoms with van der Waals surface area (Å²) in [6.07, 6.45) is 2.53. The molecule has 0 spiro atoms. The Balaban J connectivity index is 1.53. The van der Waals surface area contributed by atoms with Crippen molar-refractivity contribution in [2.45, 2.75) is 31.5 Å². The Morgan fingerprint density at radius 2 is 1.96 bits per heavy atom. The lowest BCUT2D eigenvalue weighted by Crippen LogP contribution is -2.45. The lowest BCUT2D eigenvalue weighted by atomic mass is 10.0. The lowest BCUT2D eigenvalue weighted by Gasteiger charge is -2.28. The molecule has 8 nitrogen and oxygen atoms in total. The van der Waals surface area contributed by atoms with Gasteiger partial charge < -0.3 is 14.4 Å². The average molecular weight is 374 g/mol. The van der Waals surface area contributed by atoms with E-state index in [-0.39, 0.29) is 25.9 Å². The topological polar surface area (TPSA) is 85.4 Å². The van der Waals surface area contributed by atoms with Gasteiger partial charge in [-0.25, -0.2) is 14.4 Å². The second-order valence-electron chi connectivity index (χ2n) is 6.35. The maximum absolute atomic E-state index is 12.6. The second kappa shape index (κ2) is 8.68. The predicted octanol–water partition coefficient (Wildman–Crippen LogP) is 1.66. The number of benzene rings is 1. The van der Waals surface area contributed by atoms with Gasteiger partial charge in [0.2, 0.25) is 0 Å². The van der Waals surface area contributed by atoms with Crippen LogP contribution in [0.5, 0.6) is 0 Å². The molecule has 3 rings (SSSR count). The Morgan fingerprint density at radius 1 is 1.19 bits per heavy atom. The summed E-state index contributed by atoms with van der Waals surface area (Å²) < 4.78 is 10.2. The van der Waals surface area contributed by atoms with Gasteiger partial charge in [0.25, 0.3) is 0 Å². The zero-order chi connectivity index (χ0) is 19.2. The van der Waals surface area contributed by atoms with Crippen molar-refractivity contribution < 1.29 is 28.7 Å². The fraction of sp³-hybridized carbons (Fsp3) is 0.421. The number of carbonyl (C=O) groups is 3. The van der Waals surface area contributed by atoms with Crippen molar-refractivity contribution in [2.75, 3.05) is 19.8 Å². The Kier molecular flexibility index (Phi) is 6.08. The molecule has 2 atom stereocenters. The summed E-state index contributed by atoms with van der Waals surface area (Å²) in [7, 11) is 0. The van der Waals surface area contributed by atoms with E-state index < -0.39 is 24.0 Å². The monoisotopic (exact) mass is 374 g/mol. The summed E-state index contributed by atoms with van der Waals surface area (Å²) >= 11 is 0. The van der Waals surface area contributed by atoms with E-state index in [4.69, 9.17) is 14.3 Å². The number of piperidine rings is 1. The van der Waals surface area contributed by atoms with Crippen LogP contribution in [0.25, 0.3) is 0 Å². The van der Waals surface area contributed by atoms with Gasteiger partial charge in [0.15, 0.2) is 6.61 Å². The molecule has 0 radical (unpaired) electrons. The van der Waals surface area contributed by atoms with Gasteiger partial charge in [-0.2, -0.15) is 5.06 Å². The van der Waals surface area contributed by atoms with Crippen molar-refractivity contribution in [3.8, 4) is 0 Å². The Hall–Kier alpha value is -2.87. The third-order valence-corrected chi connectivity index (χ3v) is 4.50. The van der Waals surface area contributed by atoms with Crippen LogP contribution in [0, 0.1) is 0 Å². The number of urea groups is 1. The van der Waals surface area contributed by atoms with Gasteiger partial charge in [0.05, 0.1) is 6.04 Å². The highest BCUT2D eigenvalue weighted by Crippen LogP contribution is 2.30. The highest BCUT2D eigenvalue weighted by Gasteiger charge is 2.48. The molecule has 0 aliphatic carbocycles. The largest absolute Gasteiger partial charge is 0.460 e. The van der Waals surface area contributed by atoms with Crippen molar-refractivity contribution in [3.05, 3.63) is 48.6 Å². The third kappa shape index (κ3) is 4.46. The number of rotatable bonds is 8. The SMILES string of the molecule is C=CCOC(=O)CON1C(=O)N2CC1CCC2C(=O)OCc1ccccc1. The maximum atomic E-state index is 12.6. The Morgan fingerprint density at radius 3 is 2.70 bits per heavy atom. The fourth-order valence-electron chi connectivity index (χ4n) is 3.18. The van der Waals surface area contributed by atoms with E-state index in [9.17, 15) is 14.4 Å². The summed E-state index contributed by atoms with van der Waals surface area (Å²) in [5, 5.41) is 1.17. The molecule has 2 bridgehead atoms. The predicted molar refractivity (Wildman–Crippen MR) is 94.1 cm³/mol. The van der Waals surface area contributed by atoms with Crippen LogP contribution in [-0.4, -0.2) is 59.8 Å².